The Hall–Kier alpha value is -0.980. The zero-order valence-corrected chi connectivity index (χ0v) is 7.92. The first-order chi connectivity index (χ1) is 6.36. The first-order valence-electron chi connectivity index (χ1n) is 5.13. The third-order valence-corrected chi connectivity index (χ3v) is 2.91. The van der Waals surface area contributed by atoms with E-state index in [1.165, 1.54) is 37.7 Å². The molecular formula is C12H16N. The minimum Gasteiger partial charge on any atom is -0.399 e. The number of hydrogen-bond acceptors (Lipinski definition) is 1. The van der Waals surface area contributed by atoms with E-state index in [9.17, 15) is 0 Å². The zero-order valence-electron chi connectivity index (χ0n) is 7.92. The fourth-order valence-corrected chi connectivity index (χ4v) is 2.18. The normalized spacial score (nSPS) is 18.8. The predicted molar refractivity (Wildman–Crippen MR) is 55.5 cm³/mol. The van der Waals surface area contributed by atoms with Crippen molar-refractivity contribution in [1.82, 2.24) is 0 Å². The maximum atomic E-state index is 5.73. The van der Waals surface area contributed by atoms with Crippen LogP contribution in [-0.4, -0.2) is 0 Å². The summed E-state index contributed by atoms with van der Waals surface area (Å²) in [5.74, 6) is 0.744. The molecule has 0 bridgehead atoms. The summed E-state index contributed by atoms with van der Waals surface area (Å²) in [6.07, 6.45) is 6.82. The summed E-state index contributed by atoms with van der Waals surface area (Å²) in [4.78, 5) is 0. The maximum absolute atomic E-state index is 5.73. The maximum Gasteiger partial charge on any atom is 0.0323 e. The number of benzene rings is 1. The first kappa shape index (κ1) is 8.61. The van der Waals surface area contributed by atoms with Crippen molar-refractivity contribution in [1.29, 1.82) is 0 Å². The van der Waals surface area contributed by atoms with E-state index in [1.54, 1.807) is 0 Å². The van der Waals surface area contributed by atoms with Crippen molar-refractivity contribution >= 4 is 5.69 Å². The molecule has 0 amide bonds. The summed E-state index contributed by atoms with van der Waals surface area (Å²) in [6, 6.07) is 9.13. The van der Waals surface area contributed by atoms with Gasteiger partial charge in [0.25, 0.3) is 0 Å². The van der Waals surface area contributed by atoms with Crippen LogP contribution in [0.15, 0.2) is 18.2 Å². The third kappa shape index (κ3) is 2.03. The Morgan fingerprint density at radius 3 is 2.62 bits per heavy atom. The van der Waals surface area contributed by atoms with Gasteiger partial charge in [-0.2, -0.15) is 0 Å². The quantitative estimate of drug-likeness (QED) is 0.650. The lowest BCUT2D eigenvalue weighted by molar-refractivity contribution is 0.443. The van der Waals surface area contributed by atoms with Crippen molar-refractivity contribution in [3.8, 4) is 0 Å². The SMILES string of the molecule is Nc1c[c]cc(C2CCCCC2)c1. The molecule has 1 aromatic carbocycles. The Kier molecular flexibility index (Phi) is 2.53. The van der Waals surface area contributed by atoms with Crippen LogP contribution < -0.4 is 5.73 Å². The summed E-state index contributed by atoms with van der Waals surface area (Å²) in [5.41, 5.74) is 7.97. The topological polar surface area (TPSA) is 26.0 Å². The molecule has 2 N–H and O–H groups in total. The van der Waals surface area contributed by atoms with E-state index in [2.05, 4.69) is 18.2 Å². The Balaban J connectivity index is 2.14. The van der Waals surface area contributed by atoms with Crippen molar-refractivity contribution < 1.29 is 0 Å². The number of rotatable bonds is 1. The molecule has 1 heteroatoms. The van der Waals surface area contributed by atoms with Crippen LogP contribution in [0.5, 0.6) is 0 Å². The highest BCUT2D eigenvalue weighted by Crippen LogP contribution is 2.32. The van der Waals surface area contributed by atoms with Crippen molar-refractivity contribution in [3.63, 3.8) is 0 Å². The molecule has 13 heavy (non-hydrogen) atoms. The van der Waals surface area contributed by atoms with Crippen molar-refractivity contribution in [2.45, 2.75) is 38.0 Å². The van der Waals surface area contributed by atoms with Gasteiger partial charge in [-0.05, 0) is 42.5 Å². The highest BCUT2D eigenvalue weighted by atomic mass is 14.5. The van der Waals surface area contributed by atoms with Gasteiger partial charge in [0, 0.05) is 5.69 Å². The Labute approximate surface area is 80.0 Å². The molecule has 0 heterocycles. The van der Waals surface area contributed by atoms with Gasteiger partial charge in [0.2, 0.25) is 0 Å². The van der Waals surface area contributed by atoms with Gasteiger partial charge in [-0.3, -0.25) is 0 Å². The minimum atomic E-state index is 0.744. The van der Waals surface area contributed by atoms with E-state index in [0.29, 0.717) is 0 Å². The van der Waals surface area contributed by atoms with Gasteiger partial charge >= 0.3 is 0 Å². The van der Waals surface area contributed by atoms with E-state index in [0.717, 1.165) is 11.6 Å². The van der Waals surface area contributed by atoms with Gasteiger partial charge < -0.3 is 5.73 Å². The second kappa shape index (κ2) is 3.82. The molecule has 1 aliphatic rings. The molecule has 0 aromatic heterocycles. The lowest BCUT2D eigenvalue weighted by Gasteiger charge is -2.21. The number of anilines is 1. The van der Waals surface area contributed by atoms with Crippen LogP contribution in [0.2, 0.25) is 0 Å². The van der Waals surface area contributed by atoms with Gasteiger partial charge in [0.15, 0.2) is 0 Å². The van der Waals surface area contributed by atoms with E-state index in [4.69, 9.17) is 5.73 Å². The highest BCUT2D eigenvalue weighted by Gasteiger charge is 2.14. The molecule has 0 saturated heterocycles. The number of hydrogen-bond donors (Lipinski definition) is 1. The summed E-state index contributed by atoms with van der Waals surface area (Å²) in [6.45, 7) is 0. The van der Waals surface area contributed by atoms with E-state index < -0.39 is 0 Å². The molecule has 1 fully saturated rings. The summed E-state index contributed by atoms with van der Waals surface area (Å²) >= 11 is 0. The van der Waals surface area contributed by atoms with Gasteiger partial charge in [-0.25, -0.2) is 0 Å². The standard InChI is InChI=1S/C12H16N/c13-12-8-4-7-11(9-12)10-5-2-1-3-6-10/h7-10H,1-3,5-6,13H2. The van der Waals surface area contributed by atoms with Crippen LogP contribution in [0.4, 0.5) is 5.69 Å². The molecule has 0 spiro atoms. The van der Waals surface area contributed by atoms with Gasteiger partial charge in [-0.1, -0.05) is 25.3 Å². The van der Waals surface area contributed by atoms with Crippen LogP contribution in [-0.2, 0) is 0 Å². The summed E-state index contributed by atoms with van der Waals surface area (Å²) in [5, 5.41) is 0. The number of nitrogens with two attached hydrogens (primary N) is 1. The van der Waals surface area contributed by atoms with Gasteiger partial charge in [0.1, 0.15) is 0 Å². The predicted octanol–water partition coefficient (Wildman–Crippen LogP) is 3.12. The fraction of sp³-hybridized carbons (Fsp3) is 0.500. The van der Waals surface area contributed by atoms with Crippen LogP contribution in [0.25, 0.3) is 0 Å². The van der Waals surface area contributed by atoms with Crippen LogP contribution >= 0.6 is 0 Å². The average Bonchev–Trinajstić information content (AvgIpc) is 2.19. The van der Waals surface area contributed by atoms with Crippen molar-refractivity contribution in [2.24, 2.45) is 0 Å². The molecule has 1 aromatic rings. The first-order valence-corrected chi connectivity index (χ1v) is 5.13. The second-order valence-electron chi connectivity index (χ2n) is 3.93. The molecule has 0 unspecified atom stereocenters. The zero-order chi connectivity index (χ0) is 9.10. The van der Waals surface area contributed by atoms with Gasteiger partial charge in [0.05, 0.1) is 0 Å². The fourth-order valence-electron chi connectivity index (χ4n) is 2.18. The lowest BCUT2D eigenvalue weighted by atomic mass is 9.84. The Morgan fingerprint density at radius 1 is 1.15 bits per heavy atom. The highest BCUT2D eigenvalue weighted by molar-refractivity contribution is 5.41. The molecule has 69 valence electrons. The second-order valence-corrected chi connectivity index (χ2v) is 3.93. The molecule has 0 atom stereocenters. The Morgan fingerprint density at radius 2 is 1.92 bits per heavy atom. The smallest absolute Gasteiger partial charge is 0.0323 e. The number of nitrogen functional groups attached to an aromatic ring is 1. The summed E-state index contributed by atoms with van der Waals surface area (Å²) < 4.78 is 0. The monoisotopic (exact) mass is 174 g/mol. The van der Waals surface area contributed by atoms with Crippen molar-refractivity contribution in [2.75, 3.05) is 5.73 Å². The molecule has 1 nitrogen and oxygen atoms in total. The molecule has 1 saturated carbocycles. The van der Waals surface area contributed by atoms with Crippen LogP contribution in [0, 0.1) is 6.07 Å². The molecular weight excluding hydrogens is 158 g/mol. The van der Waals surface area contributed by atoms with E-state index in [-0.39, 0.29) is 0 Å². The molecule has 2 rings (SSSR count). The molecule has 1 aliphatic carbocycles. The van der Waals surface area contributed by atoms with Crippen LogP contribution in [0.1, 0.15) is 43.6 Å². The molecule has 0 aliphatic heterocycles. The van der Waals surface area contributed by atoms with E-state index in [1.807, 2.05) is 6.07 Å². The van der Waals surface area contributed by atoms with Crippen molar-refractivity contribution in [3.05, 3.63) is 29.8 Å². The average molecular weight is 174 g/mol. The Bertz CT molecular complexity index is 274. The van der Waals surface area contributed by atoms with E-state index >= 15 is 0 Å². The minimum absolute atomic E-state index is 0.744. The largest absolute Gasteiger partial charge is 0.399 e. The lowest BCUT2D eigenvalue weighted by Crippen LogP contribution is -2.04. The molecule has 1 radical (unpaired) electrons. The van der Waals surface area contributed by atoms with Gasteiger partial charge in [-0.15, -0.1) is 0 Å². The van der Waals surface area contributed by atoms with Crippen LogP contribution in [0.3, 0.4) is 0 Å². The third-order valence-electron chi connectivity index (χ3n) is 2.91. The summed E-state index contributed by atoms with van der Waals surface area (Å²) in [7, 11) is 0.